The summed E-state index contributed by atoms with van der Waals surface area (Å²) >= 11 is 11.7. The molecule has 14 heteroatoms. The molecule has 0 aliphatic rings. The van der Waals surface area contributed by atoms with Crippen LogP contribution in [-0.2, 0) is 18.4 Å². The number of hydrogen-bond donors (Lipinski definition) is 3. The highest BCUT2D eigenvalue weighted by Gasteiger charge is 2.38. The molecular weight excluding hydrogens is 428 g/mol. The lowest BCUT2D eigenvalue weighted by atomic mass is 10.3. The third kappa shape index (κ3) is 5.33. The normalized spacial score (nSPS) is 11.1. The molecule has 3 heterocycles. The number of anilines is 1. The van der Waals surface area contributed by atoms with Crippen LogP contribution in [0.2, 0.25) is 10.0 Å². The highest BCUT2D eigenvalue weighted by molar-refractivity contribution is 6.41. The van der Waals surface area contributed by atoms with Crippen LogP contribution in [0.15, 0.2) is 23.3 Å². The second kappa shape index (κ2) is 8.44. The molecular formula is C14H11Cl2F3N6O3. The van der Waals surface area contributed by atoms with Crippen LogP contribution in [0, 0.1) is 0 Å². The predicted molar refractivity (Wildman–Crippen MR) is 94.4 cm³/mol. The Morgan fingerprint density at radius 3 is 2.54 bits per heavy atom. The van der Waals surface area contributed by atoms with Gasteiger partial charge in [-0.1, -0.05) is 23.2 Å². The number of alkyl halides is 3. The molecule has 3 aromatic heterocycles. The lowest BCUT2D eigenvalue weighted by Gasteiger charge is -2.06. The van der Waals surface area contributed by atoms with Gasteiger partial charge in [-0.05, 0) is 6.07 Å². The van der Waals surface area contributed by atoms with Crippen molar-refractivity contribution in [2.75, 3.05) is 5.32 Å². The van der Waals surface area contributed by atoms with Crippen LogP contribution < -0.4 is 10.9 Å². The summed E-state index contributed by atoms with van der Waals surface area (Å²) in [5, 5.41) is 14.9. The summed E-state index contributed by atoms with van der Waals surface area (Å²) in [5.41, 5.74) is 1.36. The molecule has 3 aromatic rings. The molecule has 0 fully saturated rings. The second-order valence-electron chi connectivity index (χ2n) is 5.16. The van der Waals surface area contributed by atoms with Gasteiger partial charge in [0, 0.05) is 13.2 Å². The average Bonchev–Trinajstić information content (AvgIpc) is 2.97. The van der Waals surface area contributed by atoms with Crippen molar-refractivity contribution in [2.24, 2.45) is 7.05 Å². The van der Waals surface area contributed by atoms with Crippen molar-refractivity contribution in [3.8, 4) is 0 Å². The van der Waals surface area contributed by atoms with E-state index in [1.54, 1.807) is 13.1 Å². The van der Waals surface area contributed by atoms with Gasteiger partial charge in [0.05, 0.1) is 28.5 Å². The van der Waals surface area contributed by atoms with Gasteiger partial charge in [-0.25, -0.2) is 9.78 Å². The number of aryl methyl sites for hydroxylation is 1. The number of fused-ring (bicyclic) bond motifs is 1. The first-order chi connectivity index (χ1) is 13.0. The Labute approximate surface area is 164 Å². The number of nitrogens with one attached hydrogen (secondary N) is 2. The van der Waals surface area contributed by atoms with Crippen molar-refractivity contribution >= 4 is 46.2 Å². The fraction of sp³-hybridized carbons (Fsp3) is 0.214. The molecule has 3 rings (SSSR count). The number of aliphatic carboxylic acids is 1. The van der Waals surface area contributed by atoms with Crippen LogP contribution in [0.3, 0.4) is 0 Å². The van der Waals surface area contributed by atoms with E-state index in [0.29, 0.717) is 39.3 Å². The summed E-state index contributed by atoms with van der Waals surface area (Å²) < 4.78 is 33.2. The number of hydrogen-bond acceptors (Lipinski definition) is 6. The lowest BCUT2D eigenvalue weighted by Crippen LogP contribution is -2.21. The second-order valence-corrected chi connectivity index (χ2v) is 5.98. The molecule has 0 bridgehead atoms. The molecule has 0 saturated heterocycles. The largest absolute Gasteiger partial charge is 0.490 e. The Kier molecular flexibility index (Phi) is 6.46. The lowest BCUT2D eigenvalue weighted by molar-refractivity contribution is -0.192. The van der Waals surface area contributed by atoms with Gasteiger partial charge in [0.1, 0.15) is 5.52 Å². The number of H-pyrrole nitrogens is 1. The molecule has 0 amide bonds. The fourth-order valence-electron chi connectivity index (χ4n) is 1.89. The van der Waals surface area contributed by atoms with Crippen LogP contribution in [0.4, 0.5) is 19.1 Å². The molecule has 0 spiro atoms. The Hall–Kier alpha value is -2.86. The maximum Gasteiger partial charge on any atom is 0.490 e. The monoisotopic (exact) mass is 438 g/mol. The number of carboxylic acids is 1. The van der Waals surface area contributed by atoms with E-state index in [1.807, 2.05) is 0 Å². The standard InChI is InChI=1S/C12H10Cl2N6O.C2HF3O2/c1-20-10-9(5-17-20)18-12(19-11(10)21)16-3-6-2-7(13)8(14)4-15-6;3-2(4,5)1(6)7/h2,4-5H,3H2,1H3,(H2,16,18,19,21);(H,6,7). The third-order valence-corrected chi connectivity index (χ3v) is 3.85. The molecule has 0 unspecified atom stereocenters. The first kappa shape index (κ1) is 21.4. The van der Waals surface area contributed by atoms with Crippen molar-refractivity contribution in [1.82, 2.24) is 24.7 Å². The zero-order valence-electron chi connectivity index (χ0n) is 13.9. The van der Waals surface area contributed by atoms with Gasteiger partial charge < -0.3 is 10.4 Å². The number of carbonyl (C=O) groups is 1. The smallest absolute Gasteiger partial charge is 0.475 e. The molecule has 0 atom stereocenters. The van der Waals surface area contributed by atoms with E-state index in [4.69, 9.17) is 33.1 Å². The van der Waals surface area contributed by atoms with Crippen LogP contribution in [-0.4, -0.2) is 42.0 Å². The summed E-state index contributed by atoms with van der Waals surface area (Å²) in [7, 11) is 1.69. The molecule has 150 valence electrons. The number of aromatic nitrogens is 5. The van der Waals surface area contributed by atoms with Crippen LogP contribution >= 0.6 is 23.2 Å². The number of halogens is 5. The van der Waals surface area contributed by atoms with Crippen molar-refractivity contribution in [3.05, 3.63) is 44.6 Å². The average molecular weight is 439 g/mol. The van der Waals surface area contributed by atoms with E-state index in [0.717, 1.165) is 0 Å². The summed E-state index contributed by atoms with van der Waals surface area (Å²) in [4.78, 5) is 31.9. The van der Waals surface area contributed by atoms with E-state index in [2.05, 4.69) is 25.4 Å². The maximum absolute atomic E-state index is 11.9. The van der Waals surface area contributed by atoms with Crippen molar-refractivity contribution in [3.63, 3.8) is 0 Å². The molecule has 9 nitrogen and oxygen atoms in total. The zero-order valence-corrected chi connectivity index (χ0v) is 15.4. The fourth-order valence-corrected chi connectivity index (χ4v) is 2.17. The molecule has 0 aromatic carbocycles. The minimum atomic E-state index is -5.08. The first-order valence-corrected chi connectivity index (χ1v) is 8.00. The number of rotatable bonds is 3. The van der Waals surface area contributed by atoms with Crippen molar-refractivity contribution in [2.45, 2.75) is 12.7 Å². The topological polar surface area (TPSA) is 126 Å². The van der Waals surface area contributed by atoms with Crippen molar-refractivity contribution < 1.29 is 23.1 Å². The van der Waals surface area contributed by atoms with Gasteiger partial charge in [-0.3, -0.25) is 19.4 Å². The van der Waals surface area contributed by atoms with Gasteiger partial charge in [0.15, 0.2) is 5.52 Å². The highest BCUT2D eigenvalue weighted by atomic mass is 35.5. The Morgan fingerprint density at radius 2 is 1.96 bits per heavy atom. The van der Waals surface area contributed by atoms with E-state index in [-0.39, 0.29) is 5.56 Å². The minimum absolute atomic E-state index is 0.260. The molecule has 0 radical (unpaired) electrons. The third-order valence-electron chi connectivity index (χ3n) is 3.14. The molecule has 3 N–H and O–H groups in total. The summed E-state index contributed by atoms with van der Waals surface area (Å²) in [6.45, 7) is 0.353. The van der Waals surface area contributed by atoms with Crippen molar-refractivity contribution in [1.29, 1.82) is 0 Å². The van der Waals surface area contributed by atoms with E-state index in [1.165, 1.54) is 17.1 Å². The number of carboxylic acid groups (broad SMARTS) is 1. The van der Waals surface area contributed by atoms with Gasteiger partial charge in [0.25, 0.3) is 5.56 Å². The number of nitrogens with zero attached hydrogens (tertiary/aromatic N) is 4. The number of pyridine rings is 1. The predicted octanol–water partition coefficient (Wildman–Crippen LogP) is 2.60. The maximum atomic E-state index is 11.9. The summed E-state index contributed by atoms with van der Waals surface area (Å²) in [6.07, 6.45) is -2.07. The molecule has 0 aliphatic heterocycles. The Morgan fingerprint density at radius 1 is 1.32 bits per heavy atom. The number of aromatic amines is 1. The van der Waals surface area contributed by atoms with E-state index in [9.17, 15) is 18.0 Å². The quantitative estimate of drug-likeness (QED) is 0.573. The first-order valence-electron chi connectivity index (χ1n) is 7.25. The summed E-state index contributed by atoms with van der Waals surface area (Å²) in [6, 6.07) is 1.65. The highest BCUT2D eigenvalue weighted by Crippen LogP contribution is 2.21. The molecule has 0 aliphatic carbocycles. The van der Waals surface area contributed by atoms with Crippen LogP contribution in [0.25, 0.3) is 11.0 Å². The molecule has 0 saturated carbocycles. The molecule has 28 heavy (non-hydrogen) atoms. The van der Waals surface area contributed by atoms with Gasteiger partial charge in [-0.15, -0.1) is 0 Å². The van der Waals surface area contributed by atoms with E-state index < -0.39 is 12.1 Å². The van der Waals surface area contributed by atoms with Crippen LogP contribution in [0.1, 0.15) is 5.69 Å². The van der Waals surface area contributed by atoms with Crippen LogP contribution in [0.5, 0.6) is 0 Å². The summed E-state index contributed by atoms with van der Waals surface area (Å²) in [5.74, 6) is -2.42. The minimum Gasteiger partial charge on any atom is -0.475 e. The van der Waals surface area contributed by atoms with E-state index >= 15 is 0 Å². The Balaban J connectivity index is 0.000000345. The zero-order chi connectivity index (χ0) is 21.1. The van der Waals surface area contributed by atoms with Gasteiger partial charge in [-0.2, -0.15) is 18.3 Å². The Bertz CT molecular complexity index is 1070. The van der Waals surface area contributed by atoms with Gasteiger partial charge in [0.2, 0.25) is 5.95 Å². The van der Waals surface area contributed by atoms with Gasteiger partial charge >= 0.3 is 12.1 Å². The SMILES string of the molecule is Cn1ncc2nc(NCc3cc(Cl)c(Cl)cn3)[nH]c(=O)c21.O=C(O)C(F)(F)F.